The molecule has 2 aromatic rings. The molecule has 2 rings (SSSR count). The average molecular weight is 291 g/mol. The van der Waals surface area contributed by atoms with Gasteiger partial charge in [0.15, 0.2) is 5.82 Å². The summed E-state index contributed by atoms with van der Waals surface area (Å²) >= 11 is 9.00. The van der Waals surface area contributed by atoms with Crippen LogP contribution in [0.3, 0.4) is 0 Å². The number of halogens is 3. The molecule has 0 spiro atoms. The lowest BCUT2D eigenvalue weighted by Crippen LogP contribution is -1.91. The SMILES string of the molecule is COc1cc2nccc(Cl)c2c(F)c1Br. The number of ether oxygens (including phenoxy) is 1. The van der Waals surface area contributed by atoms with E-state index >= 15 is 0 Å². The summed E-state index contributed by atoms with van der Waals surface area (Å²) in [7, 11) is 1.47. The molecule has 2 nitrogen and oxygen atoms in total. The molecule has 1 heterocycles. The number of pyridine rings is 1. The third-order valence-electron chi connectivity index (χ3n) is 2.05. The molecule has 0 bridgehead atoms. The lowest BCUT2D eigenvalue weighted by Gasteiger charge is -2.07. The molecule has 0 aliphatic carbocycles. The highest BCUT2D eigenvalue weighted by atomic mass is 79.9. The van der Waals surface area contributed by atoms with Crippen LogP contribution in [0.2, 0.25) is 5.02 Å². The molecule has 0 radical (unpaired) electrons. The van der Waals surface area contributed by atoms with Crippen LogP contribution in [-0.4, -0.2) is 12.1 Å². The summed E-state index contributed by atoms with van der Waals surface area (Å²) in [5.41, 5.74) is 0.472. The van der Waals surface area contributed by atoms with Crippen molar-refractivity contribution in [1.82, 2.24) is 4.98 Å². The minimum atomic E-state index is -0.456. The van der Waals surface area contributed by atoms with E-state index in [1.165, 1.54) is 13.3 Å². The van der Waals surface area contributed by atoms with Crippen molar-refractivity contribution in [2.75, 3.05) is 7.11 Å². The molecule has 1 aromatic heterocycles. The van der Waals surface area contributed by atoms with E-state index in [9.17, 15) is 4.39 Å². The Hall–Kier alpha value is -0.870. The molecule has 0 aliphatic rings. The van der Waals surface area contributed by atoms with Crippen LogP contribution in [-0.2, 0) is 0 Å². The lowest BCUT2D eigenvalue weighted by atomic mass is 10.2. The van der Waals surface area contributed by atoms with Gasteiger partial charge in [0, 0.05) is 12.3 Å². The molecular weight excluding hydrogens is 284 g/mol. The van der Waals surface area contributed by atoms with Gasteiger partial charge in [-0.2, -0.15) is 0 Å². The number of hydrogen-bond donors (Lipinski definition) is 0. The predicted molar refractivity (Wildman–Crippen MR) is 61.0 cm³/mol. The van der Waals surface area contributed by atoms with Gasteiger partial charge in [-0.1, -0.05) is 11.6 Å². The van der Waals surface area contributed by atoms with E-state index in [-0.39, 0.29) is 4.47 Å². The first-order valence-corrected chi connectivity index (χ1v) is 5.28. The zero-order valence-electron chi connectivity index (χ0n) is 7.72. The average Bonchev–Trinajstić information content (AvgIpc) is 2.23. The van der Waals surface area contributed by atoms with E-state index in [0.717, 1.165) is 0 Å². The van der Waals surface area contributed by atoms with Crippen molar-refractivity contribution in [3.8, 4) is 5.75 Å². The second-order valence-electron chi connectivity index (χ2n) is 2.89. The highest BCUT2D eigenvalue weighted by Gasteiger charge is 2.14. The molecule has 0 atom stereocenters. The molecule has 0 saturated carbocycles. The second kappa shape index (κ2) is 3.94. The number of benzene rings is 1. The van der Waals surface area contributed by atoms with Crippen LogP contribution in [0.5, 0.6) is 5.75 Å². The molecule has 0 amide bonds. The Morgan fingerprint density at radius 2 is 2.27 bits per heavy atom. The first-order valence-electron chi connectivity index (χ1n) is 4.11. The van der Waals surface area contributed by atoms with E-state index in [1.54, 1.807) is 12.1 Å². The Morgan fingerprint density at radius 3 is 2.93 bits per heavy atom. The van der Waals surface area contributed by atoms with Crippen molar-refractivity contribution in [3.05, 3.63) is 33.6 Å². The summed E-state index contributed by atoms with van der Waals surface area (Å²) in [6, 6.07) is 3.18. The summed E-state index contributed by atoms with van der Waals surface area (Å²) in [5, 5.41) is 0.632. The molecule has 78 valence electrons. The van der Waals surface area contributed by atoms with Gasteiger partial charge < -0.3 is 4.74 Å². The molecule has 15 heavy (non-hydrogen) atoms. The molecule has 5 heteroatoms. The van der Waals surface area contributed by atoms with Gasteiger partial charge in [0.25, 0.3) is 0 Å². The summed E-state index contributed by atoms with van der Waals surface area (Å²) < 4.78 is 19.1. The molecule has 0 saturated heterocycles. The minimum Gasteiger partial charge on any atom is -0.495 e. The number of methoxy groups -OCH3 is 1. The van der Waals surface area contributed by atoms with Crippen LogP contribution in [0.15, 0.2) is 22.8 Å². The first kappa shape index (κ1) is 10.6. The van der Waals surface area contributed by atoms with Crippen LogP contribution in [0.1, 0.15) is 0 Å². The van der Waals surface area contributed by atoms with E-state index in [0.29, 0.717) is 21.7 Å². The topological polar surface area (TPSA) is 22.1 Å². The number of rotatable bonds is 1. The smallest absolute Gasteiger partial charge is 0.152 e. The summed E-state index contributed by atoms with van der Waals surface area (Å²) in [6.45, 7) is 0. The molecule has 0 fully saturated rings. The van der Waals surface area contributed by atoms with Gasteiger partial charge in [-0.25, -0.2) is 4.39 Å². The quantitative estimate of drug-likeness (QED) is 0.797. The van der Waals surface area contributed by atoms with Crippen LogP contribution in [0.4, 0.5) is 4.39 Å². The van der Waals surface area contributed by atoms with E-state index in [2.05, 4.69) is 20.9 Å². The van der Waals surface area contributed by atoms with Gasteiger partial charge >= 0.3 is 0 Å². The monoisotopic (exact) mass is 289 g/mol. The van der Waals surface area contributed by atoms with Crippen molar-refractivity contribution < 1.29 is 9.13 Å². The Kier molecular flexibility index (Phi) is 2.80. The van der Waals surface area contributed by atoms with Crippen molar-refractivity contribution in [3.63, 3.8) is 0 Å². The second-order valence-corrected chi connectivity index (χ2v) is 4.09. The zero-order chi connectivity index (χ0) is 11.0. The third-order valence-corrected chi connectivity index (χ3v) is 3.10. The fraction of sp³-hybridized carbons (Fsp3) is 0.100. The van der Waals surface area contributed by atoms with Crippen molar-refractivity contribution in [1.29, 1.82) is 0 Å². The normalized spacial score (nSPS) is 10.7. The van der Waals surface area contributed by atoms with Gasteiger partial charge in [0.2, 0.25) is 0 Å². The van der Waals surface area contributed by atoms with Crippen molar-refractivity contribution in [2.24, 2.45) is 0 Å². The number of hydrogen-bond acceptors (Lipinski definition) is 2. The largest absolute Gasteiger partial charge is 0.495 e. The fourth-order valence-corrected chi connectivity index (χ4v) is 2.04. The standard InChI is InChI=1S/C10H6BrClFNO/c1-15-7-4-6-8(10(13)9(7)11)5(12)2-3-14-6/h2-4H,1H3. The van der Waals surface area contributed by atoms with Gasteiger partial charge in [-0.05, 0) is 22.0 Å². The molecule has 1 aromatic carbocycles. The first-order chi connectivity index (χ1) is 7.15. The Bertz CT molecular complexity index is 532. The summed E-state index contributed by atoms with van der Waals surface area (Å²) in [6.07, 6.45) is 1.53. The number of nitrogens with zero attached hydrogens (tertiary/aromatic N) is 1. The minimum absolute atomic E-state index is 0.257. The predicted octanol–water partition coefficient (Wildman–Crippen LogP) is 3.80. The highest BCUT2D eigenvalue weighted by molar-refractivity contribution is 9.10. The van der Waals surface area contributed by atoms with E-state index < -0.39 is 5.82 Å². The molecule has 0 unspecified atom stereocenters. The molecule has 0 N–H and O–H groups in total. The Balaban J connectivity index is 2.91. The van der Waals surface area contributed by atoms with Gasteiger partial charge in [-0.15, -0.1) is 0 Å². The summed E-state index contributed by atoms with van der Waals surface area (Å²) in [4.78, 5) is 4.03. The maximum Gasteiger partial charge on any atom is 0.152 e. The maximum atomic E-state index is 13.9. The molecule has 0 aliphatic heterocycles. The van der Waals surface area contributed by atoms with E-state index in [1.807, 2.05) is 0 Å². The van der Waals surface area contributed by atoms with Gasteiger partial charge in [0.05, 0.1) is 27.5 Å². The maximum absolute atomic E-state index is 13.9. The Morgan fingerprint density at radius 1 is 1.53 bits per heavy atom. The van der Waals surface area contributed by atoms with Crippen LogP contribution >= 0.6 is 27.5 Å². The third kappa shape index (κ3) is 1.68. The fourth-order valence-electron chi connectivity index (χ4n) is 1.33. The van der Waals surface area contributed by atoms with Gasteiger partial charge in [-0.3, -0.25) is 4.98 Å². The van der Waals surface area contributed by atoms with Gasteiger partial charge in [0.1, 0.15) is 5.75 Å². The van der Waals surface area contributed by atoms with Crippen molar-refractivity contribution in [2.45, 2.75) is 0 Å². The van der Waals surface area contributed by atoms with Crippen molar-refractivity contribution >= 4 is 38.4 Å². The Labute approximate surface area is 99.1 Å². The zero-order valence-corrected chi connectivity index (χ0v) is 10.1. The molecular formula is C10H6BrClFNO. The highest BCUT2D eigenvalue weighted by Crippen LogP contribution is 2.35. The van der Waals surface area contributed by atoms with Crippen LogP contribution in [0, 0.1) is 5.82 Å². The number of aromatic nitrogens is 1. The lowest BCUT2D eigenvalue weighted by molar-refractivity contribution is 0.409. The number of fused-ring (bicyclic) bond motifs is 1. The summed E-state index contributed by atoms with van der Waals surface area (Å²) in [5.74, 6) is -0.0581. The van der Waals surface area contributed by atoms with Crippen LogP contribution < -0.4 is 4.74 Å². The van der Waals surface area contributed by atoms with E-state index in [4.69, 9.17) is 16.3 Å². The van der Waals surface area contributed by atoms with Crippen LogP contribution in [0.25, 0.3) is 10.9 Å².